The first-order valence-electron chi connectivity index (χ1n) is 15.2. The molecule has 0 aromatic carbocycles. The van der Waals surface area contributed by atoms with Crippen LogP contribution in [0.1, 0.15) is 162 Å². The molecule has 2 unspecified atom stereocenters. The van der Waals surface area contributed by atoms with Crippen LogP contribution in [-0.2, 0) is 0 Å². The van der Waals surface area contributed by atoms with Crippen molar-refractivity contribution in [1.82, 2.24) is 4.90 Å². The van der Waals surface area contributed by atoms with E-state index in [1.54, 1.807) is 0 Å². The van der Waals surface area contributed by atoms with Gasteiger partial charge in [0, 0.05) is 13.1 Å². The second-order valence-electron chi connectivity index (χ2n) is 10.7. The minimum atomic E-state index is -0.246. The fraction of sp³-hybridized carbons (Fsp3) is 1.00. The first kappa shape index (κ1) is 32.9. The van der Waals surface area contributed by atoms with E-state index in [-0.39, 0.29) is 12.2 Å². The molecule has 0 aliphatic carbocycles. The van der Waals surface area contributed by atoms with Gasteiger partial charge in [0.2, 0.25) is 0 Å². The van der Waals surface area contributed by atoms with E-state index in [0.717, 1.165) is 58.2 Å². The fourth-order valence-corrected chi connectivity index (χ4v) is 4.80. The molecule has 2 N–H and O–H groups in total. The van der Waals surface area contributed by atoms with E-state index in [2.05, 4.69) is 25.7 Å². The Kier molecular flexibility index (Phi) is 26.4. The lowest BCUT2D eigenvalue weighted by atomic mass is 10.0. The van der Waals surface area contributed by atoms with Gasteiger partial charge in [0.25, 0.3) is 0 Å². The first-order chi connectivity index (χ1) is 16.1. The maximum atomic E-state index is 10.4. The smallest absolute Gasteiger partial charge is 0.0667 e. The van der Waals surface area contributed by atoms with Crippen molar-refractivity contribution in [3.63, 3.8) is 0 Å². The Labute approximate surface area is 209 Å². The van der Waals surface area contributed by atoms with Gasteiger partial charge in [0.1, 0.15) is 0 Å². The number of nitrogens with zero attached hydrogens (tertiary/aromatic N) is 1. The van der Waals surface area contributed by atoms with Gasteiger partial charge in [-0.1, -0.05) is 143 Å². The lowest BCUT2D eigenvalue weighted by molar-refractivity contribution is 0.0600. The highest BCUT2D eigenvalue weighted by molar-refractivity contribution is 4.69. The Morgan fingerprint density at radius 2 is 0.727 bits per heavy atom. The summed E-state index contributed by atoms with van der Waals surface area (Å²) in [5.41, 5.74) is 0. The SMILES string of the molecule is CCCCCCCCCCCCCCCCCCN(CC(O)CCCC)CC(O)CCCC. The quantitative estimate of drug-likeness (QED) is 0.118. The third kappa shape index (κ3) is 24.8. The molecule has 0 aromatic rings. The van der Waals surface area contributed by atoms with Gasteiger partial charge >= 0.3 is 0 Å². The fourth-order valence-electron chi connectivity index (χ4n) is 4.80. The highest BCUT2D eigenvalue weighted by Crippen LogP contribution is 2.14. The van der Waals surface area contributed by atoms with Crippen LogP contribution in [-0.4, -0.2) is 47.0 Å². The molecule has 0 fully saturated rings. The maximum absolute atomic E-state index is 10.4. The molecule has 0 aromatic heterocycles. The number of aliphatic hydroxyl groups excluding tert-OH is 2. The second kappa shape index (κ2) is 26.5. The van der Waals surface area contributed by atoms with Crippen LogP contribution in [0.2, 0.25) is 0 Å². The highest BCUT2D eigenvalue weighted by atomic mass is 16.3. The average Bonchev–Trinajstić information content (AvgIpc) is 2.81. The predicted octanol–water partition coefficient (Wildman–Crippen LogP) is 8.65. The lowest BCUT2D eigenvalue weighted by Crippen LogP contribution is -2.38. The molecule has 0 bridgehead atoms. The summed E-state index contributed by atoms with van der Waals surface area (Å²) in [5.74, 6) is 0. The molecule has 0 radical (unpaired) electrons. The third-order valence-electron chi connectivity index (χ3n) is 7.05. The van der Waals surface area contributed by atoms with Crippen LogP contribution in [0.5, 0.6) is 0 Å². The van der Waals surface area contributed by atoms with Gasteiger partial charge in [-0.15, -0.1) is 0 Å². The van der Waals surface area contributed by atoms with Crippen LogP contribution >= 0.6 is 0 Å². The summed E-state index contributed by atoms with van der Waals surface area (Å²) in [7, 11) is 0. The zero-order chi connectivity index (χ0) is 24.4. The van der Waals surface area contributed by atoms with Crippen molar-refractivity contribution in [3.05, 3.63) is 0 Å². The summed E-state index contributed by atoms with van der Waals surface area (Å²) in [6, 6.07) is 0. The van der Waals surface area contributed by atoms with E-state index >= 15 is 0 Å². The van der Waals surface area contributed by atoms with Gasteiger partial charge in [0.15, 0.2) is 0 Å². The van der Waals surface area contributed by atoms with Crippen LogP contribution in [0.25, 0.3) is 0 Å². The Hall–Kier alpha value is -0.120. The van der Waals surface area contributed by atoms with Crippen molar-refractivity contribution >= 4 is 0 Å². The Balaban J connectivity index is 3.70. The van der Waals surface area contributed by atoms with Crippen molar-refractivity contribution in [2.45, 2.75) is 174 Å². The van der Waals surface area contributed by atoms with Crippen molar-refractivity contribution < 1.29 is 10.2 Å². The summed E-state index contributed by atoms with van der Waals surface area (Å²) in [5, 5.41) is 20.7. The Bertz CT molecular complexity index is 347. The summed E-state index contributed by atoms with van der Waals surface area (Å²) < 4.78 is 0. The maximum Gasteiger partial charge on any atom is 0.0667 e. The lowest BCUT2D eigenvalue weighted by Gasteiger charge is -2.27. The number of hydrogen-bond donors (Lipinski definition) is 2. The monoisotopic (exact) mass is 469 g/mol. The summed E-state index contributed by atoms with van der Waals surface area (Å²) in [6.07, 6.45) is 28.0. The van der Waals surface area contributed by atoms with Crippen molar-refractivity contribution in [3.8, 4) is 0 Å². The summed E-state index contributed by atoms with van der Waals surface area (Å²) >= 11 is 0. The van der Waals surface area contributed by atoms with E-state index < -0.39 is 0 Å². The van der Waals surface area contributed by atoms with E-state index in [1.165, 1.54) is 103 Å². The Morgan fingerprint density at radius 3 is 1.06 bits per heavy atom. The molecule has 3 heteroatoms. The first-order valence-corrected chi connectivity index (χ1v) is 15.2. The summed E-state index contributed by atoms with van der Waals surface area (Å²) in [6.45, 7) is 9.11. The number of hydrogen-bond acceptors (Lipinski definition) is 3. The van der Waals surface area contributed by atoms with E-state index in [9.17, 15) is 10.2 Å². The molecule has 0 spiro atoms. The molecule has 0 aliphatic rings. The molecule has 0 amide bonds. The van der Waals surface area contributed by atoms with Gasteiger partial charge < -0.3 is 10.2 Å². The molecular formula is C30H63NO2. The molecule has 0 saturated heterocycles. The van der Waals surface area contributed by atoms with E-state index in [0.29, 0.717) is 0 Å². The van der Waals surface area contributed by atoms with Crippen LogP contribution in [0.15, 0.2) is 0 Å². The van der Waals surface area contributed by atoms with Crippen molar-refractivity contribution in [2.75, 3.05) is 19.6 Å². The molecule has 0 rings (SSSR count). The summed E-state index contributed by atoms with van der Waals surface area (Å²) in [4.78, 5) is 2.32. The standard InChI is InChI=1S/C30H63NO2/c1-4-7-10-11-12-13-14-15-16-17-18-19-20-21-22-23-26-31(27-29(32)24-8-5-2)28-30(33)25-9-6-3/h29-30,32-33H,4-28H2,1-3H3. The van der Waals surface area contributed by atoms with Crippen LogP contribution in [0.3, 0.4) is 0 Å². The number of unbranched alkanes of at least 4 members (excludes halogenated alkanes) is 17. The van der Waals surface area contributed by atoms with Crippen molar-refractivity contribution in [2.24, 2.45) is 0 Å². The van der Waals surface area contributed by atoms with Crippen LogP contribution in [0.4, 0.5) is 0 Å². The van der Waals surface area contributed by atoms with Gasteiger partial charge in [-0.05, 0) is 25.8 Å². The van der Waals surface area contributed by atoms with Gasteiger partial charge in [-0.2, -0.15) is 0 Å². The minimum Gasteiger partial charge on any atom is -0.392 e. The highest BCUT2D eigenvalue weighted by Gasteiger charge is 2.15. The largest absolute Gasteiger partial charge is 0.392 e. The molecule has 2 atom stereocenters. The molecule has 0 heterocycles. The van der Waals surface area contributed by atoms with Crippen molar-refractivity contribution in [1.29, 1.82) is 0 Å². The predicted molar refractivity (Wildman–Crippen MR) is 147 cm³/mol. The van der Waals surface area contributed by atoms with Crippen LogP contribution < -0.4 is 0 Å². The third-order valence-corrected chi connectivity index (χ3v) is 7.05. The van der Waals surface area contributed by atoms with Gasteiger partial charge in [-0.25, -0.2) is 0 Å². The molecule has 200 valence electrons. The molecule has 33 heavy (non-hydrogen) atoms. The zero-order valence-corrected chi connectivity index (χ0v) is 23.2. The Morgan fingerprint density at radius 1 is 0.424 bits per heavy atom. The molecule has 3 nitrogen and oxygen atoms in total. The normalized spacial score (nSPS) is 13.6. The number of rotatable bonds is 27. The zero-order valence-electron chi connectivity index (χ0n) is 23.2. The van der Waals surface area contributed by atoms with E-state index in [4.69, 9.17) is 0 Å². The van der Waals surface area contributed by atoms with Crippen LogP contribution in [0, 0.1) is 0 Å². The number of aliphatic hydroxyl groups is 2. The average molecular weight is 470 g/mol. The van der Waals surface area contributed by atoms with E-state index in [1.807, 2.05) is 0 Å². The van der Waals surface area contributed by atoms with Gasteiger partial charge in [0.05, 0.1) is 12.2 Å². The minimum absolute atomic E-state index is 0.246. The second-order valence-corrected chi connectivity index (χ2v) is 10.7. The molecular weight excluding hydrogens is 406 g/mol. The molecule has 0 saturated carbocycles. The van der Waals surface area contributed by atoms with Gasteiger partial charge in [-0.3, -0.25) is 4.90 Å². The topological polar surface area (TPSA) is 43.7 Å². The molecule has 0 aliphatic heterocycles.